The Morgan fingerprint density at radius 2 is 2.19 bits per heavy atom. The van der Waals surface area contributed by atoms with Crippen molar-refractivity contribution < 1.29 is 9.90 Å². The zero-order valence-electron chi connectivity index (χ0n) is 13.1. The Hall–Kier alpha value is -1.01. The Bertz CT molecular complexity index is 493. The lowest BCUT2D eigenvalue weighted by Crippen LogP contribution is -2.45. The van der Waals surface area contributed by atoms with E-state index in [1.54, 1.807) is 10.9 Å². The number of rotatable bonds is 5. The molecule has 118 valence electrons. The summed E-state index contributed by atoms with van der Waals surface area (Å²) in [6.07, 6.45) is 3.28. The van der Waals surface area contributed by atoms with Gasteiger partial charge in [-0.25, -0.2) is 0 Å². The van der Waals surface area contributed by atoms with Crippen LogP contribution >= 0.6 is 11.8 Å². The number of thioether (sulfide) groups is 1. The number of nitrogens with zero attached hydrogens (tertiary/aromatic N) is 2. The summed E-state index contributed by atoms with van der Waals surface area (Å²) >= 11 is 1.85. The summed E-state index contributed by atoms with van der Waals surface area (Å²) < 4.78 is 1.79. The van der Waals surface area contributed by atoms with Crippen molar-refractivity contribution in [3.63, 3.8) is 0 Å². The van der Waals surface area contributed by atoms with Crippen LogP contribution in [0.3, 0.4) is 0 Å². The predicted molar refractivity (Wildman–Crippen MR) is 85.8 cm³/mol. The monoisotopic (exact) mass is 311 g/mol. The van der Waals surface area contributed by atoms with Crippen LogP contribution in [-0.4, -0.2) is 44.4 Å². The number of hydrogen-bond donors (Lipinski definition) is 2. The number of aliphatic hydroxyl groups is 1. The van der Waals surface area contributed by atoms with Crippen LogP contribution in [0.15, 0.2) is 6.20 Å². The van der Waals surface area contributed by atoms with Crippen LogP contribution in [0.4, 0.5) is 0 Å². The minimum Gasteiger partial charge on any atom is -0.388 e. The zero-order valence-corrected chi connectivity index (χ0v) is 13.9. The van der Waals surface area contributed by atoms with Crippen molar-refractivity contribution in [2.75, 3.05) is 18.1 Å². The van der Waals surface area contributed by atoms with Crippen LogP contribution in [0.2, 0.25) is 0 Å². The molecular formula is C15H25N3O2S. The van der Waals surface area contributed by atoms with Crippen LogP contribution in [-0.2, 0) is 6.54 Å². The van der Waals surface area contributed by atoms with E-state index in [1.807, 2.05) is 32.5 Å². The van der Waals surface area contributed by atoms with Gasteiger partial charge in [-0.3, -0.25) is 9.48 Å². The molecule has 0 atom stereocenters. The first-order chi connectivity index (χ1) is 9.95. The lowest BCUT2D eigenvalue weighted by molar-refractivity contribution is 0.0311. The molecule has 6 heteroatoms. The van der Waals surface area contributed by atoms with Gasteiger partial charge in [-0.15, -0.1) is 0 Å². The van der Waals surface area contributed by atoms with Crippen molar-refractivity contribution in [1.29, 1.82) is 0 Å². The Morgan fingerprint density at radius 1 is 1.52 bits per heavy atom. The number of carbonyl (C=O) groups is 1. The van der Waals surface area contributed by atoms with Gasteiger partial charge in [0.05, 0.1) is 16.9 Å². The molecule has 0 aliphatic carbocycles. The fourth-order valence-corrected chi connectivity index (χ4v) is 3.72. The van der Waals surface area contributed by atoms with E-state index in [0.717, 1.165) is 36.6 Å². The van der Waals surface area contributed by atoms with Crippen LogP contribution in [0.1, 0.15) is 55.6 Å². The molecule has 1 aliphatic rings. The molecule has 21 heavy (non-hydrogen) atoms. The summed E-state index contributed by atoms with van der Waals surface area (Å²) in [5.74, 6) is 1.98. The minimum atomic E-state index is -0.750. The topological polar surface area (TPSA) is 67.2 Å². The summed E-state index contributed by atoms with van der Waals surface area (Å²) in [6.45, 7) is 7.13. The molecule has 0 saturated carbocycles. The van der Waals surface area contributed by atoms with Crippen LogP contribution in [0.25, 0.3) is 0 Å². The van der Waals surface area contributed by atoms with E-state index in [2.05, 4.69) is 10.4 Å². The minimum absolute atomic E-state index is 0.134. The first kappa shape index (κ1) is 16.4. The van der Waals surface area contributed by atoms with Crippen molar-refractivity contribution in [2.45, 2.75) is 51.7 Å². The van der Waals surface area contributed by atoms with Crippen LogP contribution in [0.5, 0.6) is 0 Å². The SMILES string of the molecule is CCn1cc(C(=O)NCC2(O)CCSCC2)c(C(C)C)n1. The maximum atomic E-state index is 12.4. The van der Waals surface area contributed by atoms with Gasteiger partial charge in [-0.05, 0) is 37.2 Å². The Kier molecular flexibility index (Phi) is 5.32. The highest BCUT2D eigenvalue weighted by Gasteiger charge is 2.30. The molecular weight excluding hydrogens is 286 g/mol. The van der Waals surface area contributed by atoms with E-state index in [1.165, 1.54) is 0 Å². The van der Waals surface area contributed by atoms with Gasteiger partial charge in [-0.2, -0.15) is 16.9 Å². The molecule has 1 aromatic heterocycles. The number of nitrogens with one attached hydrogen (secondary N) is 1. The predicted octanol–water partition coefficient (Wildman–Crippen LogP) is 2.01. The third kappa shape index (κ3) is 4.01. The summed E-state index contributed by atoms with van der Waals surface area (Å²) in [5, 5.41) is 17.8. The van der Waals surface area contributed by atoms with Gasteiger partial charge in [0.15, 0.2) is 0 Å². The number of aromatic nitrogens is 2. The maximum absolute atomic E-state index is 12.4. The molecule has 1 saturated heterocycles. The zero-order chi connectivity index (χ0) is 15.5. The van der Waals surface area contributed by atoms with Gasteiger partial charge in [-0.1, -0.05) is 13.8 Å². The molecule has 5 nitrogen and oxygen atoms in total. The van der Waals surface area contributed by atoms with Gasteiger partial charge in [0.1, 0.15) is 0 Å². The van der Waals surface area contributed by atoms with Crippen molar-refractivity contribution in [1.82, 2.24) is 15.1 Å². The highest BCUT2D eigenvalue weighted by molar-refractivity contribution is 7.99. The van der Waals surface area contributed by atoms with Gasteiger partial charge >= 0.3 is 0 Å². The number of amides is 1. The van der Waals surface area contributed by atoms with E-state index >= 15 is 0 Å². The number of hydrogen-bond acceptors (Lipinski definition) is 4. The fraction of sp³-hybridized carbons (Fsp3) is 0.733. The Balaban J connectivity index is 2.04. The van der Waals surface area contributed by atoms with Crippen molar-refractivity contribution in [3.05, 3.63) is 17.5 Å². The smallest absolute Gasteiger partial charge is 0.254 e. The molecule has 0 bridgehead atoms. The normalized spacial score (nSPS) is 18.0. The van der Waals surface area contributed by atoms with Crippen molar-refractivity contribution in [3.8, 4) is 0 Å². The summed E-state index contributed by atoms with van der Waals surface area (Å²) in [7, 11) is 0. The lowest BCUT2D eigenvalue weighted by Gasteiger charge is -2.31. The summed E-state index contributed by atoms with van der Waals surface area (Å²) in [6, 6.07) is 0. The van der Waals surface area contributed by atoms with E-state index in [4.69, 9.17) is 0 Å². The first-order valence-electron chi connectivity index (χ1n) is 7.61. The molecule has 0 unspecified atom stereocenters. The average Bonchev–Trinajstić information content (AvgIpc) is 2.90. The van der Waals surface area contributed by atoms with Crippen molar-refractivity contribution >= 4 is 17.7 Å². The van der Waals surface area contributed by atoms with E-state index in [0.29, 0.717) is 12.1 Å². The number of carbonyl (C=O) groups excluding carboxylic acids is 1. The largest absolute Gasteiger partial charge is 0.388 e. The molecule has 0 spiro atoms. The highest BCUT2D eigenvalue weighted by atomic mass is 32.2. The van der Waals surface area contributed by atoms with Crippen LogP contribution < -0.4 is 5.32 Å². The van der Waals surface area contributed by atoms with E-state index < -0.39 is 5.60 Å². The quantitative estimate of drug-likeness (QED) is 0.873. The molecule has 0 aromatic carbocycles. The lowest BCUT2D eigenvalue weighted by atomic mass is 9.96. The third-order valence-electron chi connectivity index (χ3n) is 3.91. The van der Waals surface area contributed by atoms with E-state index in [9.17, 15) is 9.90 Å². The second-order valence-corrected chi connectivity index (χ2v) is 7.18. The molecule has 2 rings (SSSR count). The molecule has 1 aromatic rings. The summed E-state index contributed by atoms with van der Waals surface area (Å²) in [4.78, 5) is 12.4. The average molecular weight is 311 g/mol. The van der Waals surface area contributed by atoms with Gasteiger partial charge < -0.3 is 10.4 Å². The molecule has 2 heterocycles. The fourth-order valence-electron chi connectivity index (χ4n) is 2.47. The van der Waals surface area contributed by atoms with Crippen LogP contribution in [0, 0.1) is 0 Å². The van der Waals surface area contributed by atoms with Gasteiger partial charge in [0, 0.05) is 19.3 Å². The maximum Gasteiger partial charge on any atom is 0.254 e. The van der Waals surface area contributed by atoms with Gasteiger partial charge in [0.2, 0.25) is 0 Å². The molecule has 1 aliphatic heterocycles. The Morgan fingerprint density at radius 3 is 2.76 bits per heavy atom. The number of aryl methyl sites for hydroxylation is 1. The van der Waals surface area contributed by atoms with Gasteiger partial charge in [0.25, 0.3) is 5.91 Å². The highest BCUT2D eigenvalue weighted by Crippen LogP contribution is 2.26. The van der Waals surface area contributed by atoms with Crippen molar-refractivity contribution in [2.24, 2.45) is 0 Å². The first-order valence-corrected chi connectivity index (χ1v) is 8.76. The standard InChI is InChI=1S/C15H25N3O2S/c1-4-18-9-12(13(17-18)11(2)3)14(19)16-10-15(20)5-7-21-8-6-15/h9,11,20H,4-8,10H2,1-3H3,(H,16,19). The third-order valence-corrected chi connectivity index (χ3v) is 4.89. The summed E-state index contributed by atoms with van der Waals surface area (Å²) in [5.41, 5.74) is 0.695. The molecule has 2 N–H and O–H groups in total. The molecule has 0 radical (unpaired) electrons. The van der Waals surface area contributed by atoms with E-state index in [-0.39, 0.29) is 11.8 Å². The Labute approximate surface area is 130 Å². The molecule has 1 amide bonds. The second-order valence-electron chi connectivity index (χ2n) is 5.96. The second kappa shape index (κ2) is 6.83. The molecule has 1 fully saturated rings.